The summed E-state index contributed by atoms with van der Waals surface area (Å²) in [5.74, 6) is 0.158. The predicted octanol–water partition coefficient (Wildman–Crippen LogP) is 1.95. The molecule has 4 rings (SSSR count). The van der Waals surface area contributed by atoms with Crippen molar-refractivity contribution in [1.82, 2.24) is 19.8 Å². The molecule has 1 fully saturated rings. The average molecular weight is 380 g/mol. The summed E-state index contributed by atoms with van der Waals surface area (Å²) in [6.07, 6.45) is 7.22. The number of aliphatic hydroxyl groups excluding tert-OH is 1. The second-order valence-corrected chi connectivity index (χ2v) is 8.17. The molecular formula is C22H28N4O2. The Morgan fingerprint density at radius 2 is 2.00 bits per heavy atom. The summed E-state index contributed by atoms with van der Waals surface area (Å²) >= 11 is 0. The summed E-state index contributed by atoms with van der Waals surface area (Å²) < 4.78 is 0. The van der Waals surface area contributed by atoms with Crippen LogP contribution in [-0.4, -0.2) is 64.1 Å². The molecule has 1 aliphatic heterocycles. The Morgan fingerprint density at radius 3 is 2.68 bits per heavy atom. The number of carbonyl (C=O) groups is 1. The summed E-state index contributed by atoms with van der Waals surface area (Å²) in [4.78, 5) is 25.0. The van der Waals surface area contributed by atoms with Gasteiger partial charge in [0.2, 0.25) is 5.91 Å². The van der Waals surface area contributed by atoms with Crippen LogP contribution in [0.2, 0.25) is 0 Å². The normalized spacial score (nSPS) is 23.2. The molecule has 2 heterocycles. The van der Waals surface area contributed by atoms with Crippen molar-refractivity contribution in [3.8, 4) is 0 Å². The summed E-state index contributed by atoms with van der Waals surface area (Å²) in [6.45, 7) is 1.37. The number of amides is 1. The van der Waals surface area contributed by atoms with E-state index in [1.165, 1.54) is 11.1 Å². The third-order valence-corrected chi connectivity index (χ3v) is 6.46. The van der Waals surface area contributed by atoms with Crippen molar-refractivity contribution in [2.75, 3.05) is 27.2 Å². The van der Waals surface area contributed by atoms with Gasteiger partial charge >= 0.3 is 0 Å². The Bertz CT molecular complexity index is 831. The number of rotatable bonds is 4. The number of likely N-dealkylation sites (N-methyl/N-ethyl adjacent to an activating group) is 1. The molecule has 28 heavy (non-hydrogen) atoms. The van der Waals surface area contributed by atoms with Crippen molar-refractivity contribution in [3.63, 3.8) is 0 Å². The number of nitrogens with zero attached hydrogens (tertiary/aromatic N) is 4. The molecule has 1 aliphatic carbocycles. The van der Waals surface area contributed by atoms with Crippen molar-refractivity contribution < 1.29 is 9.90 Å². The van der Waals surface area contributed by atoms with Gasteiger partial charge in [0, 0.05) is 43.5 Å². The van der Waals surface area contributed by atoms with Crippen LogP contribution >= 0.6 is 0 Å². The molecule has 0 radical (unpaired) electrons. The Morgan fingerprint density at radius 1 is 1.25 bits per heavy atom. The molecule has 6 heteroatoms. The van der Waals surface area contributed by atoms with Crippen LogP contribution in [-0.2, 0) is 16.6 Å². The zero-order chi connectivity index (χ0) is 19.7. The molecule has 1 amide bonds. The van der Waals surface area contributed by atoms with Gasteiger partial charge in [-0.25, -0.2) is 0 Å². The lowest BCUT2D eigenvalue weighted by Crippen LogP contribution is -2.50. The Labute approximate surface area is 166 Å². The molecule has 0 unspecified atom stereocenters. The van der Waals surface area contributed by atoms with Crippen molar-refractivity contribution in [1.29, 1.82) is 0 Å². The van der Waals surface area contributed by atoms with Crippen LogP contribution in [0.15, 0.2) is 42.9 Å². The number of hydrogen-bond donors (Lipinski definition) is 1. The van der Waals surface area contributed by atoms with Crippen LogP contribution in [0, 0.1) is 0 Å². The molecule has 2 aliphatic rings. The second-order valence-electron chi connectivity index (χ2n) is 8.17. The molecule has 2 atom stereocenters. The molecule has 1 aromatic heterocycles. The summed E-state index contributed by atoms with van der Waals surface area (Å²) in [6, 6.07) is 8.41. The SMILES string of the molecule is CN(C)[C@H]1c2ccccc2C2(CCN(C(=O)CCc3cnccn3)CC2)[C@@H]1O. The first-order chi connectivity index (χ1) is 13.5. The van der Waals surface area contributed by atoms with E-state index in [4.69, 9.17) is 0 Å². The minimum atomic E-state index is -0.447. The highest BCUT2D eigenvalue weighted by Crippen LogP contribution is 2.52. The van der Waals surface area contributed by atoms with Gasteiger partial charge in [-0.2, -0.15) is 0 Å². The van der Waals surface area contributed by atoms with Crippen molar-refractivity contribution in [3.05, 3.63) is 59.7 Å². The molecule has 6 nitrogen and oxygen atoms in total. The van der Waals surface area contributed by atoms with Crippen molar-refractivity contribution >= 4 is 5.91 Å². The van der Waals surface area contributed by atoms with Gasteiger partial charge in [-0.15, -0.1) is 0 Å². The lowest BCUT2D eigenvalue weighted by molar-refractivity contribution is -0.133. The summed E-state index contributed by atoms with van der Waals surface area (Å²) in [5, 5.41) is 11.3. The number of piperidine rings is 1. The van der Waals surface area contributed by atoms with Gasteiger partial charge in [0.25, 0.3) is 0 Å². The Kier molecular flexibility index (Phi) is 5.17. The highest BCUT2D eigenvalue weighted by atomic mass is 16.3. The molecule has 0 saturated carbocycles. The van der Waals surface area contributed by atoms with Gasteiger partial charge in [0.05, 0.1) is 17.8 Å². The standard InChI is InChI=1S/C22H28N4O2/c1-25(2)20-17-5-3-4-6-18(17)22(21(20)28)9-13-26(14-10-22)19(27)8-7-16-15-23-11-12-24-16/h3-6,11-12,15,20-21,28H,7-10,13-14H2,1-2H3/t20-,21+/m0/s1. The quantitative estimate of drug-likeness (QED) is 0.878. The topological polar surface area (TPSA) is 69.6 Å². The molecule has 148 valence electrons. The van der Waals surface area contributed by atoms with E-state index in [1.54, 1.807) is 18.6 Å². The first-order valence-corrected chi connectivity index (χ1v) is 9.99. The molecule has 0 bridgehead atoms. The van der Waals surface area contributed by atoms with Gasteiger partial charge in [-0.05, 0) is 44.5 Å². The molecule has 1 N–H and O–H groups in total. The number of hydrogen-bond acceptors (Lipinski definition) is 5. The highest BCUT2D eigenvalue weighted by molar-refractivity contribution is 5.76. The molecular weight excluding hydrogens is 352 g/mol. The molecule has 1 saturated heterocycles. The number of likely N-dealkylation sites (tertiary alicyclic amines) is 1. The first-order valence-electron chi connectivity index (χ1n) is 9.99. The number of aromatic nitrogens is 2. The Hall–Kier alpha value is -2.31. The smallest absolute Gasteiger partial charge is 0.222 e. The van der Waals surface area contributed by atoms with Crippen LogP contribution in [0.3, 0.4) is 0 Å². The number of fused-ring (bicyclic) bond motifs is 2. The molecule has 1 spiro atoms. The lowest BCUT2D eigenvalue weighted by Gasteiger charge is -2.43. The van der Waals surface area contributed by atoms with E-state index < -0.39 is 6.10 Å². The largest absolute Gasteiger partial charge is 0.390 e. The predicted molar refractivity (Wildman–Crippen MR) is 107 cm³/mol. The van der Waals surface area contributed by atoms with Gasteiger partial charge in [0.1, 0.15) is 0 Å². The van der Waals surface area contributed by atoms with Gasteiger partial charge < -0.3 is 14.9 Å². The van der Waals surface area contributed by atoms with Crippen molar-refractivity contribution in [2.45, 2.75) is 43.2 Å². The average Bonchev–Trinajstić information content (AvgIpc) is 2.96. The summed E-state index contributed by atoms with van der Waals surface area (Å²) in [5.41, 5.74) is 3.07. The van der Waals surface area contributed by atoms with E-state index >= 15 is 0 Å². The maximum absolute atomic E-state index is 12.7. The van der Waals surface area contributed by atoms with Gasteiger partial charge in [-0.1, -0.05) is 24.3 Å². The number of carbonyl (C=O) groups excluding carboxylic acids is 1. The highest BCUT2D eigenvalue weighted by Gasteiger charge is 2.53. The zero-order valence-corrected chi connectivity index (χ0v) is 16.6. The van der Waals surface area contributed by atoms with E-state index in [0.29, 0.717) is 25.9 Å². The van der Waals surface area contributed by atoms with Crippen molar-refractivity contribution in [2.24, 2.45) is 0 Å². The zero-order valence-electron chi connectivity index (χ0n) is 16.6. The number of aryl methyl sites for hydroxylation is 1. The minimum absolute atomic E-state index is 0.00936. The fourth-order valence-corrected chi connectivity index (χ4v) is 4.97. The second kappa shape index (κ2) is 7.60. The van der Waals surface area contributed by atoms with E-state index in [1.807, 2.05) is 25.1 Å². The van der Waals surface area contributed by atoms with Crippen LogP contribution in [0.4, 0.5) is 0 Å². The third-order valence-electron chi connectivity index (χ3n) is 6.46. The van der Waals surface area contributed by atoms with E-state index in [0.717, 1.165) is 18.5 Å². The van der Waals surface area contributed by atoms with Gasteiger partial charge in [0.15, 0.2) is 0 Å². The number of aliphatic hydroxyl groups is 1. The summed E-state index contributed by atoms with van der Waals surface area (Å²) in [7, 11) is 4.05. The van der Waals surface area contributed by atoms with Gasteiger partial charge in [-0.3, -0.25) is 14.8 Å². The van der Waals surface area contributed by atoms with Crippen LogP contribution in [0.1, 0.15) is 42.1 Å². The minimum Gasteiger partial charge on any atom is -0.390 e. The first kappa shape index (κ1) is 19.0. The fourth-order valence-electron chi connectivity index (χ4n) is 4.97. The van der Waals surface area contributed by atoms with Crippen LogP contribution in [0.5, 0.6) is 0 Å². The van der Waals surface area contributed by atoms with E-state index in [-0.39, 0.29) is 17.4 Å². The van der Waals surface area contributed by atoms with E-state index in [2.05, 4.69) is 33.1 Å². The fraction of sp³-hybridized carbons (Fsp3) is 0.500. The lowest BCUT2D eigenvalue weighted by atomic mass is 9.72. The van der Waals surface area contributed by atoms with Crippen LogP contribution in [0.25, 0.3) is 0 Å². The maximum Gasteiger partial charge on any atom is 0.222 e. The number of benzene rings is 1. The molecule has 2 aromatic rings. The van der Waals surface area contributed by atoms with Crippen LogP contribution < -0.4 is 0 Å². The maximum atomic E-state index is 12.7. The van der Waals surface area contributed by atoms with E-state index in [9.17, 15) is 9.90 Å². The molecule has 1 aromatic carbocycles. The Balaban J connectivity index is 1.45. The monoisotopic (exact) mass is 380 g/mol. The third kappa shape index (κ3) is 3.20.